The second kappa shape index (κ2) is 10.7. The quantitative estimate of drug-likeness (QED) is 0.694. The van der Waals surface area contributed by atoms with E-state index in [1.165, 1.54) is 32.1 Å². The third kappa shape index (κ3) is 6.09. The molecule has 2 N–H and O–H groups in total. The van der Waals surface area contributed by atoms with Gasteiger partial charge in [0.05, 0.1) is 0 Å². The van der Waals surface area contributed by atoms with E-state index in [1.54, 1.807) is 0 Å². The van der Waals surface area contributed by atoms with Gasteiger partial charge in [0.1, 0.15) is 5.82 Å². The normalized spacial score (nSPS) is 20.1. The predicted octanol–water partition coefficient (Wildman–Crippen LogP) is 2.90. The van der Waals surface area contributed by atoms with Gasteiger partial charge in [0.15, 0.2) is 0 Å². The van der Waals surface area contributed by atoms with Gasteiger partial charge in [-0.2, -0.15) is 4.98 Å². The van der Waals surface area contributed by atoms with Crippen LogP contribution in [0.25, 0.3) is 0 Å². The highest BCUT2D eigenvalue weighted by molar-refractivity contribution is 5.43. The Morgan fingerprint density at radius 3 is 2.50 bits per heavy atom. The zero-order valence-corrected chi connectivity index (χ0v) is 16.1. The van der Waals surface area contributed by atoms with Crippen molar-refractivity contribution in [1.29, 1.82) is 0 Å². The molecule has 1 aromatic rings. The standard InChI is InChI=1S/C20H35N5O/c26-17-7-3-4-12-24-15-9-18(10-16-24)22-20-21-11-8-19(23-20)25-13-5-1-2-6-14-25/h8,11,18,26H,1-7,9-10,12-17H2,(H,21,22,23). The first-order valence-electron chi connectivity index (χ1n) is 10.5. The Hall–Kier alpha value is -1.40. The van der Waals surface area contributed by atoms with Crippen LogP contribution < -0.4 is 10.2 Å². The lowest BCUT2D eigenvalue weighted by Crippen LogP contribution is -2.39. The highest BCUT2D eigenvalue weighted by Crippen LogP contribution is 2.20. The molecule has 0 aliphatic carbocycles. The van der Waals surface area contributed by atoms with E-state index in [9.17, 15) is 0 Å². The zero-order chi connectivity index (χ0) is 18.0. The molecule has 2 aliphatic rings. The third-order valence-corrected chi connectivity index (χ3v) is 5.62. The van der Waals surface area contributed by atoms with Crippen LogP contribution in [0.2, 0.25) is 0 Å². The fourth-order valence-electron chi connectivity index (χ4n) is 4.00. The van der Waals surface area contributed by atoms with Gasteiger partial charge >= 0.3 is 0 Å². The first-order chi connectivity index (χ1) is 12.8. The SMILES string of the molecule is OCCCCCN1CCC(Nc2nccc(N3CCCCCC3)n2)CC1. The lowest BCUT2D eigenvalue weighted by atomic mass is 10.0. The molecule has 0 unspecified atom stereocenters. The largest absolute Gasteiger partial charge is 0.396 e. The summed E-state index contributed by atoms with van der Waals surface area (Å²) in [6.45, 7) is 6.00. The van der Waals surface area contributed by atoms with Crippen LogP contribution in [0.1, 0.15) is 57.8 Å². The molecule has 3 heterocycles. The van der Waals surface area contributed by atoms with Crippen molar-refractivity contribution in [2.75, 3.05) is 49.5 Å². The van der Waals surface area contributed by atoms with Gasteiger partial charge in [0.25, 0.3) is 0 Å². The Balaban J connectivity index is 1.44. The number of nitrogens with zero attached hydrogens (tertiary/aromatic N) is 4. The number of nitrogens with one attached hydrogen (secondary N) is 1. The number of hydrogen-bond acceptors (Lipinski definition) is 6. The van der Waals surface area contributed by atoms with Crippen LogP contribution in [-0.4, -0.2) is 65.3 Å². The van der Waals surface area contributed by atoms with Crippen molar-refractivity contribution in [3.8, 4) is 0 Å². The highest BCUT2D eigenvalue weighted by Gasteiger charge is 2.20. The number of anilines is 2. The van der Waals surface area contributed by atoms with Crippen LogP contribution in [0, 0.1) is 0 Å². The summed E-state index contributed by atoms with van der Waals surface area (Å²) in [4.78, 5) is 14.2. The second-order valence-electron chi connectivity index (χ2n) is 7.68. The van der Waals surface area contributed by atoms with E-state index in [2.05, 4.69) is 20.1 Å². The van der Waals surface area contributed by atoms with Crippen LogP contribution in [0.3, 0.4) is 0 Å². The lowest BCUT2D eigenvalue weighted by molar-refractivity contribution is 0.210. The van der Waals surface area contributed by atoms with Crippen LogP contribution in [0.5, 0.6) is 0 Å². The molecule has 0 radical (unpaired) electrons. The van der Waals surface area contributed by atoms with Gasteiger partial charge in [-0.3, -0.25) is 0 Å². The van der Waals surface area contributed by atoms with Crippen molar-refractivity contribution in [3.63, 3.8) is 0 Å². The highest BCUT2D eigenvalue weighted by atomic mass is 16.2. The Labute approximate surface area is 158 Å². The number of hydrogen-bond donors (Lipinski definition) is 2. The smallest absolute Gasteiger partial charge is 0.224 e. The molecule has 0 aromatic carbocycles. The van der Waals surface area contributed by atoms with E-state index in [0.29, 0.717) is 12.6 Å². The maximum atomic E-state index is 8.86. The van der Waals surface area contributed by atoms with E-state index in [-0.39, 0.29) is 0 Å². The zero-order valence-electron chi connectivity index (χ0n) is 16.1. The Morgan fingerprint density at radius 1 is 1.00 bits per heavy atom. The van der Waals surface area contributed by atoms with Crippen molar-refractivity contribution in [1.82, 2.24) is 14.9 Å². The summed E-state index contributed by atoms with van der Waals surface area (Å²) in [5.41, 5.74) is 0. The third-order valence-electron chi connectivity index (χ3n) is 5.62. The summed E-state index contributed by atoms with van der Waals surface area (Å²) in [6, 6.07) is 2.52. The minimum atomic E-state index is 0.322. The average molecular weight is 362 g/mol. The molecule has 26 heavy (non-hydrogen) atoms. The molecule has 2 aliphatic heterocycles. The summed E-state index contributed by atoms with van der Waals surface area (Å²) in [5, 5.41) is 12.4. The minimum Gasteiger partial charge on any atom is -0.396 e. The van der Waals surface area contributed by atoms with Crippen molar-refractivity contribution in [2.24, 2.45) is 0 Å². The van der Waals surface area contributed by atoms with Gasteiger partial charge in [-0.25, -0.2) is 4.98 Å². The summed E-state index contributed by atoms with van der Waals surface area (Å²) in [7, 11) is 0. The molecule has 1 aromatic heterocycles. The maximum absolute atomic E-state index is 8.86. The number of aromatic nitrogens is 2. The van der Waals surface area contributed by atoms with E-state index < -0.39 is 0 Å². The molecule has 2 saturated heterocycles. The molecule has 0 amide bonds. The number of aliphatic hydroxyl groups excluding tert-OH is 1. The van der Waals surface area contributed by atoms with Crippen LogP contribution in [-0.2, 0) is 0 Å². The minimum absolute atomic E-state index is 0.322. The molecule has 2 fully saturated rings. The maximum Gasteiger partial charge on any atom is 0.224 e. The molecule has 6 heteroatoms. The molecular formula is C20H35N5O. The monoisotopic (exact) mass is 361 g/mol. The molecule has 3 rings (SSSR count). The molecule has 6 nitrogen and oxygen atoms in total. The fourth-order valence-corrected chi connectivity index (χ4v) is 4.00. The van der Waals surface area contributed by atoms with Crippen LogP contribution in [0.15, 0.2) is 12.3 Å². The molecule has 146 valence electrons. The van der Waals surface area contributed by atoms with Crippen molar-refractivity contribution < 1.29 is 5.11 Å². The molecule has 0 bridgehead atoms. The van der Waals surface area contributed by atoms with Gasteiger partial charge < -0.3 is 20.2 Å². The van der Waals surface area contributed by atoms with Crippen LogP contribution >= 0.6 is 0 Å². The molecular weight excluding hydrogens is 326 g/mol. The number of likely N-dealkylation sites (tertiary alicyclic amines) is 1. The van der Waals surface area contributed by atoms with Crippen molar-refractivity contribution in [2.45, 2.75) is 63.8 Å². The van der Waals surface area contributed by atoms with E-state index in [0.717, 1.165) is 70.2 Å². The topological polar surface area (TPSA) is 64.5 Å². The molecule has 0 saturated carbocycles. The summed E-state index contributed by atoms with van der Waals surface area (Å²) in [5.74, 6) is 1.86. The van der Waals surface area contributed by atoms with E-state index in [4.69, 9.17) is 10.1 Å². The molecule has 0 atom stereocenters. The number of unbranched alkanes of at least 4 members (excludes halogenated alkanes) is 2. The first kappa shape index (κ1) is 19.4. The first-order valence-corrected chi connectivity index (χ1v) is 10.5. The summed E-state index contributed by atoms with van der Waals surface area (Å²) < 4.78 is 0. The second-order valence-corrected chi connectivity index (χ2v) is 7.68. The fraction of sp³-hybridized carbons (Fsp3) is 0.800. The number of piperidine rings is 1. The van der Waals surface area contributed by atoms with Crippen LogP contribution in [0.4, 0.5) is 11.8 Å². The van der Waals surface area contributed by atoms with Crippen molar-refractivity contribution in [3.05, 3.63) is 12.3 Å². The number of aliphatic hydroxyl groups is 1. The van der Waals surface area contributed by atoms with Gasteiger partial charge in [0, 0.05) is 45.0 Å². The van der Waals surface area contributed by atoms with Gasteiger partial charge in [-0.1, -0.05) is 12.8 Å². The Morgan fingerprint density at radius 2 is 1.77 bits per heavy atom. The lowest BCUT2D eigenvalue weighted by Gasteiger charge is -2.32. The predicted molar refractivity (Wildman–Crippen MR) is 107 cm³/mol. The average Bonchev–Trinajstić information content (AvgIpc) is 2.96. The van der Waals surface area contributed by atoms with Gasteiger partial charge in [0.2, 0.25) is 5.95 Å². The Bertz CT molecular complexity index is 511. The van der Waals surface area contributed by atoms with E-state index in [1.807, 2.05) is 12.3 Å². The summed E-state index contributed by atoms with van der Waals surface area (Å²) >= 11 is 0. The van der Waals surface area contributed by atoms with E-state index >= 15 is 0 Å². The van der Waals surface area contributed by atoms with Gasteiger partial charge in [-0.05, 0) is 57.6 Å². The summed E-state index contributed by atoms with van der Waals surface area (Å²) in [6.07, 6.45) is 12.7. The molecule has 0 spiro atoms. The van der Waals surface area contributed by atoms with Crippen molar-refractivity contribution >= 4 is 11.8 Å². The Kier molecular flexibility index (Phi) is 7.95. The number of rotatable bonds is 8. The van der Waals surface area contributed by atoms with Gasteiger partial charge in [-0.15, -0.1) is 0 Å².